The molecule has 0 atom stereocenters. The van der Waals surface area contributed by atoms with Crippen molar-refractivity contribution >= 4 is 33.9 Å². The lowest BCUT2D eigenvalue weighted by atomic mass is 10.1. The molecule has 9 heteroatoms. The van der Waals surface area contributed by atoms with Crippen molar-refractivity contribution in [1.29, 1.82) is 0 Å². The zero-order valence-electron chi connectivity index (χ0n) is 18.1. The van der Waals surface area contributed by atoms with Gasteiger partial charge in [0.1, 0.15) is 0 Å². The summed E-state index contributed by atoms with van der Waals surface area (Å²) in [6.07, 6.45) is 3.70. The lowest BCUT2D eigenvalue weighted by Gasteiger charge is -2.28. The predicted octanol–water partition coefficient (Wildman–Crippen LogP) is 3.45. The van der Waals surface area contributed by atoms with Gasteiger partial charge in [0.05, 0.1) is 29.9 Å². The van der Waals surface area contributed by atoms with Gasteiger partial charge in [0.25, 0.3) is 0 Å². The third kappa shape index (κ3) is 3.52. The van der Waals surface area contributed by atoms with Crippen LogP contribution in [-0.4, -0.2) is 50.6 Å². The number of hydrogen-bond donors (Lipinski definition) is 3. The fraction of sp³-hybridized carbons (Fsp3) is 0.208. The average molecular weight is 441 g/mol. The highest BCUT2D eigenvalue weighted by Crippen LogP contribution is 2.29. The first-order valence-corrected chi connectivity index (χ1v) is 10.9. The molecular weight excluding hydrogens is 418 g/mol. The van der Waals surface area contributed by atoms with Crippen LogP contribution in [0, 0.1) is 6.92 Å². The minimum atomic E-state index is -0.222. The number of nitrogens with zero attached hydrogens (tertiary/aromatic N) is 4. The molecule has 0 spiro atoms. The van der Waals surface area contributed by atoms with Crippen LogP contribution in [-0.2, 0) is 4.74 Å². The molecule has 3 aromatic heterocycles. The molecule has 1 fully saturated rings. The number of anilines is 3. The molecule has 0 amide bonds. The van der Waals surface area contributed by atoms with Crippen molar-refractivity contribution in [3.05, 3.63) is 71.0 Å². The summed E-state index contributed by atoms with van der Waals surface area (Å²) < 4.78 is 7.47. The van der Waals surface area contributed by atoms with E-state index >= 15 is 0 Å². The number of aromatic amines is 2. The van der Waals surface area contributed by atoms with E-state index < -0.39 is 0 Å². The van der Waals surface area contributed by atoms with Crippen LogP contribution < -0.4 is 15.9 Å². The molecule has 0 radical (unpaired) electrons. The Labute approximate surface area is 189 Å². The van der Waals surface area contributed by atoms with E-state index in [-0.39, 0.29) is 5.69 Å². The predicted molar refractivity (Wildman–Crippen MR) is 128 cm³/mol. The zero-order valence-corrected chi connectivity index (χ0v) is 18.1. The largest absolute Gasteiger partial charge is 0.378 e. The summed E-state index contributed by atoms with van der Waals surface area (Å²) in [6, 6.07) is 14.1. The van der Waals surface area contributed by atoms with Gasteiger partial charge >= 0.3 is 5.69 Å². The van der Waals surface area contributed by atoms with Gasteiger partial charge in [-0.2, -0.15) is 0 Å². The normalized spacial score (nSPS) is 14.3. The number of aromatic nitrogens is 5. The Balaban J connectivity index is 1.38. The number of hydrogen-bond acceptors (Lipinski definition) is 6. The van der Waals surface area contributed by atoms with E-state index in [0.717, 1.165) is 65.6 Å². The SMILES string of the molecule is Cc1c(-c2ccc3[nH]c(=O)[nH]c3c2)nc(Nc2ccc(N3CCOCC3)cc2)c2nccn12. The van der Waals surface area contributed by atoms with Crippen LogP contribution >= 0.6 is 0 Å². The smallest absolute Gasteiger partial charge is 0.323 e. The Morgan fingerprint density at radius 1 is 1.03 bits per heavy atom. The Bertz CT molecular complexity index is 1510. The van der Waals surface area contributed by atoms with Gasteiger partial charge in [-0.1, -0.05) is 6.07 Å². The number of ether oxygens (including phenoxy) is 1. The molecular formula is C24H23N7O2. The van der Waals surface area contributed by atoms with Gasteiger partial charge in [-0.05, 0) is 43.3 Å². The number of fused-ring (bicyclic) bond motifs is 2. The van der Waals surface area contributed by atoms with E-state index in [1.54, 1.807) is 6.20 Å². The minimum Gasteiger partial charge on any atom is -0.378 e. The van der Waals surface area contributed by atoms with Gasteiger partial charge in [-0.15, -0.1) is 0 Å². The highest BCUT2D eigenvalue weighted by Gasteiger charge is 2.16. The van der Waals surface area contributed by atoms with E-state index in [4.69, 9.17) is 9.72 Å². The van der Waals surface area contributed by atoms with E-state index in [1.807, 2.05) is 35.7 Å². The highest BCUT2D eigenvalue weighted by molar-refractivity contribution is 5.83. The Hall–Kier alpha value is -4.11. The van der Waals surface area contributed by atoms with E-state index in [1.165, 1.54) is 5.69 Å². The summed E-state index contributed by atoms with van der Waals surface area (Å²) in [5.41, 5.74) is 6.86. The van der Waals surface area contributed by atoms with Crippen molar-refractivity contribution in [2.24, 2.45) is 0 Å². The van der Waals surface area contributed by atoms with E-state index in [9.17, 15) is 4.79 Å². The molecule has 1 aliphatic heterocycles. The standard InChI is InChI=1S/C24H23N7O2/c1-15-21(16-2-7-19-20(14-16)28-24(32)27-19)29-22(23-25-8-9-31(15)23)26-17-3-5-18(6-4-17)30-10-12-33-13-11-30/h2-9,14H,10-13H2,1H3,(H,26,29)(H2,27,28,32). The van der Waals surface area contributed by atoms with Crippen LogP contribution in [0.2, 0.25) is 0 Å². The maximum Gasteiger partial charge on any atom is 0.323 e. The number of nitrogens with one attached hydrogen (secondary N) is 3. The third-order valence-electron chi connectivity index (χ3n) is 6.08. The minimum absolute atomic E-state index is 0.222. The molecule has 0 bridgehead atoms. The molecule has 9 nitrogen and oxygen atoms in total. The molecule has 33 heavy (non-hydrogen) atoms. The van der Waals surface area contributed by atoms with Gasteiger partial charge in [0.15, 0.2) is 11.5 Å². The molecule has 0 unspecified atom stereocenters. The molecule has 1 aliphatic rings. The second kappa shape index (κ2) is 7.79. The monoisotopic (exact) mass is 441 g/mol. The molecule has 3 N–H and O–H groups in total. The van der Waals surface area contributed by atoms with Crippen LogP contribution in [0.3, 0.4) is 0 Å². The Kier molecular flexibility index (Phi) is 4.62. The molecule has 0 aliphatic carbocycles. The van der Waals surface area contributed by atoms with Gasteiger partial charge in [0, 0.05) is 48.1 Å². The highest BCUT2D eigenvalue weighted by atomic mass is 16.5. The summed E-state index contributed by atoms with van der Waals surface area (Å²) in [7, 11) is 0. The van der Waals surface area contributed by atoms with Crippen LogP contribution in [0.5, 0.6) is 0 Å². The van der Waals surface area contributed by atoms with Crippen LogP contribution in [0.4, 0.5) is 17.2 Å². The van der Waals surface area contributed by atoms with Crippen LogP contribution in [0.25, 0.3) is 27.9 Å². The van der Waals surface area contributed by atoms with E-state index in [0.29, 0.717) is 5.82 Å². The summed E-state index contributed by atoms with van der Waals surface area (Å²) in [6.45, 7) is 5.34. The van der Waals surface area contributed by atoms with Crippen molar-refractivity contribution in [3.63, 3.8) is 0 Å². The van der Waals surface area contributed by atoms with Crippen LogP contribution in [0.15, 0.2) is 59.7 Å². The molecule has 0 saturated carbocycles. The van der Waals surface area contributed by atoms with Gasteiger partial charge in [0.2, 0.25) is 0 Å². The molecule has 1 saturated heterocycles. The van der Waals surface area contributed by atoms with Crippen molar-refractivity contribution < 1.29 is 4.74 Å². The molecule has 166 valence electrons. The van der Waals surface area contributed by atoms with E-state index in [2.05, 4.69) is 49.4 Å². The number of imidazole rings is 2. The van der Waals surface area contributed by atoms with Crippen LogP contribution in [0.1, 0.15) is 5.69 Å². The lowest BCUT2D eigenvalue weighted by molar-refractivity contribution is 0.122. The quantitative estimate of drug-likeness (QED) is 0.395. The molecule has 5 aromatic rings. The van der Waals surface area contributed by atoms with Gasteiger partial charge in [-0.3, -0.25) is 4.40 Å². The second-order valence-electron chi connectivity index (χ2n) is 8.13. The molecule has 6 rings (SSSR count). The number of rotatable bonds is 4. The third-order valence-corrected chi connectivity index (χ3v) is 6.08. The topological polar surface area (TPSA) is 103 Å². The first-order chi connectivity index (χ1) is 16.2. The van der Waals surface area contributed by atoms with Crippen molar-refractivity contribution in [1.82, 2.24) is 24.3 Å². The van der Waals surface area contributed by atoms with Crippen molar-refractivity contribution in [2.45, 2.75) is 6.92 Å². The number of H-pyrrole nitrogens is 2. The Morgan fingerprint density at radius 2 is 1.82 bits per heavy atom. The zero-order chi connectivity index (χ0) is 22.4. The number of aryl methyl sites for hydroxylation is 1. The summed E-state index contributed by atoms with van der Waals surface area (Å²) in [4.78, 5) is 29.1. The molecule has 4 heterocycles. The fourth-order valence-corrected chi connectivity index (χ4v) is 4.36. The van der Waals surface area contributed by atoms with Gasteiger partial charge in [-0.25, -0.2) is 14.8 Å². The maximum atomic E-state index is 11.7. The molecule has 2 aromatic carbocycles. The number of morpholine rings is 1. The summed E-state index contributed by atoms with van der Waals surface area (Å²) in [5, 5.41) is 3.44. The maximum absolute atomic E-state index is 11.7. The second-order valence-corrected chi connectivity index (χ2v) is 8.13. The van der Waals surface area contributed by atoms with Crippen molar-refractivity contribution in [3.8, 4) is 11.3 Å². The lowest BCUT2D eigenvalue weighted by Crippen LogP contribution is -2.36. The first kappa shape index (κ1) is 19.6. The average Bonchev–Trinajstić information content (AvgIpc) is 3.48. The van der Waals surface area contributed by atoms with Crippen molar-refractivity contribution in [2.75, 3.05) is 36.5 Å². The number of benzene rings is 2. The Morgan fingerprint density at radius 3 is 2.64 bits per heavy atom. The van der Waals surface area contributed by atoms with Gasteiger partial charge < -0.3 is 24.9 Å². The fourth-order valence-electron chi connectivity index (χ4n) is 4.36. The first-order valence-electron chi connectivity index (χ1n) is 10.9. The summed E-state index contributed by atoms with van der Waals surface area (Å²) >= 11 is 0. The summed E-state index contributed by atoms with van der Waals surface area (Å²) in [5.74, 6) is 0.669.